The van der Waals surface area contributed by atoms with Gasteiger partial charge in [-0.3, -0.25) is 4.90 Å². The molecule has 1 saturated heterocycles. The van der Waals surface area contributed by atoms with Gasteiger partial charge in [0.15, 0.2) is 5.75 Å². The highest BCUT2D eigenvalue weighted by molar-refractivity contribution is 5.90. The molecule has 1 unspecified atom stereocenters. The molecule has 6 nitrogen and oxygen atoms in total. The lowest BCUT2D eigenvalue weighted by Gasteiger charge is -2.33. The minimum Gasteiger partial charge on any atom is -0.404 e. The number of carbonyl (C=O) groups is 1. The van der Waals surface area contributed by atoms with Crippen molar-refractivity contribution in [2.75, 3.05) is 31.6 Å². The lowest BCUT2D eigenvalue weighted by Crippen LogP contribution is -2.47. The van der Waals surface area contributed by atoms with Crippen LogP contribution in [-0.4, -0.2) is 49.6 Å². The molecule has 9 heteroatoms. The molecule has 0 saturated carbocycles. The van der Waals surface area contributed by atoms with E-state index in [2.05, 4.69) is 32.4 Å². The van der Waals surface area contributed by atoms with Crippen LogP contribution in [0.4, 0.5) is 23.7 Å². The van der Waals surface area contributed by atoms with Gasteiger partial charge in [-0.25, -0.2) is 4.79 Å². The van der Waals surface area contributed by atoms with Crippen LogP contribution in [0.3, 0.4) is 0 Å². The zero-order valence-electron chi connectivity index (χ0n) is 15.6. The van der Waals surface area contributed by atoms with E-state index in [4.69, 9.17) is 4.74 Å². The number of nitrogens with one attached hydrogen (secondary N) is 2. The molecule has 2 aromatic rings. The normalized spacial score (nSPS) is 17.6. The second-order valence-corrected chi connectivity index (χ2v) is 6.59. The number of morpholine rings is 1. The predicted molar refractivity (Wildman–Crippen MR) is 102 cm³/mol. The summed E-state index contributed by atoms with van der Waals surface area (Å²) in [6.45, 7) is 3.00. The summed E-state index contributed by atoms with van der Waals surface area (Å²) in [5.74, 6) is -0.474. The fourth-order valence-corrected chi connectivity index (χ4v) is 3.05. The van der Waals surface area contributed by atoms with E-state index in [-0.39, 0.29) is 18.3 Å². The van der Waals surface area contributed by atoms with Gasteiger partial charge in [0.1, 0.15) is 0 Å². The van der Waals surface area contributed by atoms with E-state index in [9.17, 15) is 18.0 Å². The largest absolute Gasteiger partial charge is 0.573 e. The van der Waals surface area contributed by atoms with Crippen molar-refractivity contribution >= 4 is 11.7 Å². The number of alkyl halides is 3. The molecule has 2 aromatic carbocycles. The average Bonchev–Trinajstić information content (AvgIpc) is 2.68. The van der Waals surface area contributed by atoms with Crippen molar-refractivity contribution in [3.05, 3.63) is 60.2 Å². The lowest BCUT2D eigenvalue weighted by atomic mass is 10.2. The van der Waals surface area contributed by atoms with Crippen LogP contribution in [0.5, 0.6) is 5.75 Å². The molecule has 0 radical (unpaired) electrons. The topological polar surface area (TPSA) is 62.8 Å². The summed E-state index contributed by atoms with van der Waals surface area (Å²) >= 11 is 0. The highest BCUT2D eigenvalue weighted by Gasteiger charge is 2.32. The van der Waals surface area contributed by atoms with Gasteiger partial charge < -0.3 is 20.1 Å². The molecule has 2 amide bonds. The zero-order valence-corrected chi connectivity index (χ0v) is 15.6. The van der Waals surface area contributed by atoms with E-state index < -0.39 is 18.1 Å². The maximum Gasteiger partial charge on any atom is 0.573 e. The van der Waals surface area contributed by atoms with Crippen molar-refractivity contribution in [3.63, 3.8) is 0 Å². The van der Waals surface area contributed by atoms with Crippen molar-refractivity contribution in [1.29, 1.82) is 0 Å². The Kier molecular flexibility index (Phi) is 6.95. The number of hydrogen-bond donors (Lipinski definition) is 2. The number of para-hydroxylation sites is 2. The van der Waals surface area contributed by atoms with Crippen LogP contribution in [0.25, 0.3) is 0 Å². The van der Waals surface area contributed by atoms with Gasteiger partial charge in [0, 0.05) is 26.2 Å². The van der Waals surface area contributed by atoms with Crippen LogP contribution < -0.4 is 15.4 Å². The Bertz CT molecular complexity index is 802. The molecule has 0 aromatic heterocycles. The first-order valence-electron chi connectivity index (χ1n) is 9.16. The first kappa shape index (κ1) is 20.9. The van der Waals surface area contributed by atoms with Crippen molar-refractivity contribution in [2.45, 2.75) is 19.0 Å². The van der Waals surface area contributed by atoms with E-state index in [1.165, 1.54) is 23.8 Å². The molecule has 1 atom stereocenters. The quantitative estimate of drug-likeness (QED) is 0.765. The van der Waals surface area contributed by atoms with E-state index in [1.54, 1.807) is 0 Å². The molecule has 3 rings (SSSR count). The maximum absolute atomic E-state index is 12.5. The predicted octanol–water partition coefficient (Wildman–Crippen LogP) is 3.61. The molecule has 1 fully saturated rings. The van der Waals surface area contributed by atoms with Crippen molar-refractivity contribution < 1.29 is 27.4 Å². The van der Waals surface area contributed by atoms with Gasteiger partial charge in [0.05, 0.1) is 18.4 Å². The number of hydrogen-bond acceptors (Lipinski definition) is 4. The number of carbonyl (C=O) groups excluding carboxylic acids is 1. The van der Waals surface area contributed by atoms with Gasteiger partial charge in [0.2, 0.25) is 0 Å². The summed E-state index contributed by atoms with van der Waals surface area (Å²) < 4.78 is 47.0. The maximum atomic E-state index is 12.5. The van der Waals surface area contributed by atoms with Gasteiger partial charge >= 0.3 is 12.4 Å². The second-order valence-electron chi connectivity index (χ2n) is 6.59. The highest BCUT2D eigenvalue weighted by atomic mass is 19.4. The molecule has 0 aliphatic carbocycles. The SMILES string of the molecule is O=C(NCC1CN(Cc2ccccc2)CCO1)Nc1ccccc1OC(F)(F)F. The Hall–Kier alpha value is -2.78. The number of urea groups is 1. The van der Waals surface area contributed by atoms with Crippen LogP contribution >= 0.6 is 0 Å². The third kappa shape index (κ3) is 6.95. The molecule has 156 valence electrons. The summed E-state index contributed by atoms with van der Waals surface area (Å²) in [4.78, 5) is 14.3. The Balaban J connectivity index is 1.48. The second kappa shape index (κ2) is 9.62. The molecule has 1 aliphatic rings. The number of nitrogens with zero attached hydrogens (tertiary/aromatic N) is 1. The standard InChI is InChI=1S/C20H22F3N3O3/c21-20(22,23)29-18-9-5-4-8-17(18)25-19(27)24-12-16-14-26(10-11-28-16)13-15-6-2-1-3-7-15/h1-9,16H,10-14H2,(H2,24,25,27). The molecule has 2 N–H and O–H groups in total. The van der Waals surface area contributed by atoms with E-state index in [0.29, 0.717) is 13.2 Å². The fourth-order valence-electron chi connectivity index (χ4n) is 3.05. The Labute approximate surface area is 166 Å². The van der Waals surface area contributed by atoms with Crippen LogP contribution in [0, 0.1) is 0 Å². The summed E-state index contributed by atoms with van der Waals surface area (Å²) in [5.41, 5.74) is 1.12. The molecular formula is C20H22F3N3O3. The molecule has 1 heterocycles. The fraction of sp³-hybridized carbons (Fsp3) is 0.350. The zero-order chi connectivity index (χ0) is 20.7. The smallest absolute Gasteiger partial charge is 0.404 e. The number of anilines is 1. The molecule has 1 aliphatic heterocycles. The van der Waals surface area contributed by atoms with Gasteiger partial charge in [-0.05, 0) is 17.7 Å². The number of halogens is 3. The van der Waals surface area contributed by atoms with Gasteiger partial charge in [-0.15, -0.1) is 13.2 Å². The molecular weight excluding hydrogens is 387 g/mol. The minimum atomic E-state index is -4.84. The van der Waals surface area contributed by atoms with Crippen LogP contribution in [0.15, 0.2) is 54.6 Å². The van der Waals surface area contributed by atoms with Gasteiger partial charge in [-0.1, -0.05) is 42.5 Å². The van der Waals surface area contributed by atoms with Crippen LogP contribution in [-0.2, 0) is 11.3 Å². The summed E-state index contributed by atoms with van der Waals surface area (Å²) in [6.07, 6.45) is -5.05. The first-order valence-corrected chi connectivity index (χ1v) is 9.16. The molecule has 0 spiro atoms. The van der Waals surface area contributed by atoms with Crippen molar-refractivity contribution in [3.8, 4) is 5.75 Å². The van der Waals surface area contributed by atoms with Crippen molar-refractivity contribution in [1.82, 2.24) is 10.2 Å². The Morgan fingerprint density at radius 2 is 1.86 bits per heavy atom. The number of rotatable bonds is 6. The van der Waals surface area contributed by atoms with E-state index >= 15 is 0 Å². The van der Waals surface area contributed by atoms with Gasteiger partial charge in [-0.2, -0.15) is 0 Å². The summed E-state index contributed by atoms with van der Waals surface area (Å²) in [5, 5.41) is 5.02. The highest BCUT2D eigenvalue weighted by Crippen LogP contribution is 2.29. The Morgan fingerprint density at radius 3 is 2.62 bits per heavy atom. The Morgan fingerprint density at radius 1 is 1.14 bits per heavy atom. The molecule has 29 heavy (non-hydrogen) atoms. The minimum absolute atomic E-state index is 0.0717. The third-order valence-electron chi connectivity index (χ3n) is 4.32. The van der Waals surface area contributed by atoms with Crippen LogP contribution in [0.2, 0.25) is 0 Å². The monoisotopic (exact) mass is 409 g/mol. The van der Waals surface area contributed by atoms with Crippen LogP contribution in [0.1, 0.15) is 5.56 Å². The van der Waals surface area contributed by atoms with Crippen molar-refractivity contribution in [2.24, 2.45) is 0 Å². The average molecular weight is 409 g/mol. The number of amides is 2. The van der Waals surface area contributed by atoms with Gasteiger partial charge in [0.25, 0.3) is 0 Å². The number of ether oxygens (including phenoxy) is 2. The molecule has 0 bridgehead atoms. The number of benzene rings is 2. The summed E-state index contributed by atoms with van der Waals surface area (Å²) in [6, 6.07) is 14.8. The summed E-state index contributed by atoms with van der Waals surface area (Å²) in [7, 11) is 0. The first-order chi connectivity index (χ1) is 13.9. The van der Waals surface area contributed by atoms with E-state index in [0.717, 1.165) is 19.2 Å². The van der Waals surface area contributed by atoms with E-state index in [1.807, 2.05) is 18.2 Å². The lowest BCUT2D eigenvalue weighted by molar-refractivity contribution is -0.274. The third-order valence-corrected chi connectivity index (χ3v) is 4.32.